The summed E-state index contributed by atoms with van der Waals surface area (Å²) in [7, 11) is -4.11. The van der Waals surface area contributed by atoms with Gasteiger partial charge in [-0.05, 0) is 24.3 Å². The number of nitrogens with one attached hydrogen (secondary N) is 1. The molecule has 3 rings (SSSR count). The van der Waals surface area contributed by atoms with Crippen molar-refractivity contribution in [2.24, 2.45) is 0 Å². The molecule has 0 saturated carbocycles. The van der Waals surface area contributed by atoms with Crippen molar-refractivity contribution in [1.29, 1.82) is 0 Å². The van der Waals surface area contributed by atoms with Gasteiger partial charge in [-0.1, -0.05) is 0 Å². The Kier molecular flexibility index (Phi) is 2.73. The molecular weight excluding hydrogens is 296 g/mol. The van der Waals surface area contributed by atoms with Crippen molar-refractivity contribution in [2.75, 3.05) is 5.73 Å². The van der Waals surface area contributed by atoms with Crippen molar-refractivity contribution in [3.63, 3.8) is 0 Å². The van der Waals surface area contributed by atoms with Crippen molar-refractivity contribution in [3.8, 4) is 5.75 Å². The van der Waals surface area contributed by atoms with E-state index < -0.39 is 15.6 Å². The maximum Gasteiger partial charge on any atom is 0.283 e. The molecule has 0 saturated heterocycles. The van der Waals surface area contributed by atoms with Crippen molar-refractivity contribution in [2.45, 2.75) is 4.90 Å². The summed E-state index contributed by atoms with van der Waals surface area (Å²) in [5.74, 6) is -0.372. The SMILES string of the molecule is Nc1cc(=O)[nH]n1S(=O)(=O)c1ccc(O)c2ncccc12. The summed E-state index contributed by atoms with van der Waals surface area (Å²) >= 11 is 0. The largest absolute Gasteiger partial charge is 0.506 e. The van der Waals surface area contributed by atoms with Crippen LogP contribution < -0.4 is 11.3 Å². The highest BCUT2D eigenvalue weighted by molar-refractivity contribution is 7.90. The predicted molar refractivity (Wildman–Crippen MR) is 75.5 cm³/mol. The third kappa shape index (κ3) is 1.94. The Morgan fingerprint density at radius 2 is 2.05 bits per heavy atom. The average Bonchev–Trinajstić information content (AvgIpc) is 2.79. The molecule has 2 heterocycles. The lowest BCUT2D eigenvalue weighted by atomic mass is 10.2. The highest BCUT2D eigenvalue weighted by atomic mass is 32.2. The number of nitrogens with zero attached hydrogens (tertiary/aromatic N) is 2. The van der Waals surface area contributed by atoms with Crippen LogP contribution in [0.5, 0.6) is 5.75 Å². The van der Waals surface area contributed by atoms with Gasteiger partial charge in [-0.15, -0.1) is 0 Å². The number of rotatable bonds is 2. The quantitative estimate of drug-likeness (QED) is 0.622. The molecule has 0 aliphatic rings. The van der Waals surface area contributed by atoms with E-state index in [1.54, 1.807) is 6.07 Å². The molecule has 2 aromatic heterocycles. The number of H-pyrrole nitrogens is 1. The highest BCUT2D eigenvalue weighted by Crippen LogP contribution is 2.29. The first-order valence-electron chi connectivity index (χ1n) is 5.81. The first-order valence-corrected chi connectivity index (χ1v) is 7.25. The van der Waals surface area contributed by atoms with Crippen LogP contribution in [0.3, 0.4) is 0 Å². The molecule has 0 fully saturated rings. The van der Waals surface area contributed by atoms with E-state index in [9.17, 15) is 18.3 Å². The van der Waals surface area contributed by atoms with Gasteiger partial charge in [0.25, 0.3) is 15.6 Å². The Morgan fingerprint density at radius 1 is 1.29 bits per heavy atom. The second-order valence-electron chi connectivity index (χ2n) is 4.30. The number of aromatic amines is 1. The standard InChI is InChI=1S/C12H10N4O4S/c13-10-6-11(18)15-16(10)21(19,20)9-4-3-8(17)12-7(9)2-1-5-14-12/h1-6,17H,13H2,(H,15,18). The summed E-state index contributed by atoms with van der Waals surface area (Å²) in [6.45, 7) is 0. The van der Waals surface area contributed by atoms with Gasteiger partial charge in [0.1, 0.15) is 17.1 Å². The van der Waals surface area contributed by atoms with Gasteiger partial charge < -0.3 is 10.8 Å². The van der Waals surface area contributed by atoms with Crippen LogP contribution >= 0.6 is 0 Å². The second kappa shape index (κ2) is 4.35. The number of aromatic hydroxyl groups is 1. The Bertz CT molecular complexity index is 1000. The zero-order valence-corrected chi connectivity index (χ0v) is 11.3. The van der Waals surface area contributed by atoms with E-state index in [-0.39, 0.29) is 27.4 Å². The van der Waals surface area contributed by atoms with E-state index >= 15 is 0 Å². The van der Waals surface area contributed by atoms with Crippen LogP contribution in [0, 0.1) is 0 Å². The number of fused-ring (bicyclic) bond motifs is 1. The maximum absolute atomic E-state index is 12.6. The van der Waals surface area contributed by atoms with Gasteiger partial charge in [0.05, 0.1) is 4.90 Å². The lowest BCUT2D eigenvalue weighted by Crippen LogP contribution is -2.18. The number of phenolic OH excluding ortho intramolecular Hbond substituents is 1. The zero-order chi connectivity index (χ0) is 15.2. The van der Waals surface area contributed by atoms with Crippen LogP contribution in [-0.2, 0) is 10.0 Å². The summed E-state index contributed by atoms with van der Waals surface area (Å²) in [5, 5.41) is 12.1. The van der Waals surface area contributed by atoms with E-state index in [1.807, 2.05) is 0 Å². The van der Waals surface area contributed by atoms with Gasteiger partial charge in [0.15, 0.2) is 0 Å². The van der Waals surface area contributed by atoms with E-state index in [0.717, 1.165) is 6.07 Å². The fourth-order valence-corrected chi connectivity index (χ4v) is 3.46. The van der Waals surface area contributed by atoms with Gasteiger partial charge in [0.2, 0.25) is 0 Å². The van der Waals surface area contributed by atoms with Crippen LogP contribution in [0.2, 0.25) is 0 Å². The van der Waals surface area contributed by atoms with Crippen LogP contribution in [-0.4, -0.2) is 27.7 Å². The Labute approximate surface area is 118 Å². The van der Waals surface area contributed by atoms with Crippen LogP contribution in [0.1, 0.15) is 0 Å². The summed E-state index contributed by atoms with van der Waals surface area (Å²) in [5.41, 5.74) is 5.04. The fourth-order valence-electron chi connectivity index (χ4n) is 2.04. The number of aromatic nitrogens is 3. The van der Waals surface area contributed by atoms with Crippen LogP contribution in [0.4, 0.5) is 5.82 Å². The van der Waals surface area contributed by atoms with Gasteiger partial charge in [0, 0.05) is 17.6 Å². The Hall–Kier alpha value is -2.81. The minimum absolute atomic E-state index is 0.123. The second-order valence-corrected chi connectivity index (χ2v) is 6.05. The minimum atomic E-state index is -4.11. The lowest BCUT2D eigenvalue weighted by molar-refractivity contribution is 0.480. The number of hydrogen-bond acceptors (Lipinski definition) is 6. The molecule has 21 heavy (non-hydrogen) atoms. The van der Waals surface area contributed by atoms with Gasteiger partial charge in [-0.2, -0.15) is 12.5 Å². The molecule has 9 heteroatoms. The third-order valence-electron chi connectivity index (χ3n) is 2.95. The summed E-state index contributed by atoms with van der Waals surface area (Å²) in [4.78, 5) is 15.1. The van der Waals surface area contributed by atoms with E-state index in [0.29, 0.717) is 4.09 Å². The minimum Gasteiger partial charge on any atom is -0.506 e. The summed E-state index contributed by atoms with van der Waals surface area (Å²) in [6.07, 6.45) is 1.43. The number of phenols is 1. The molecule has 4 N–H and O–H groups in total. The molecular formula is C12H10N4O4S. The molecule has 1 aromatic carbocycles. The van der Waals surface area contributed by atoms with E-state index in [2.05, 4.69) is 10.1 Å². The number of pyridine rings is 1. The molecule has 108 valence electrons. The average molecular weight is 306 g/mol. The van der Waals surface area contributed by atoms with Crippen molar-refractivity contribution in [1.82, 2.24) is 14.2 Å². The first kappa shape index (κ1) is 13.2. The topological polar surface area (TPSA) is 131 Å². The maximum atomic E-state index is 12.6. The highest BCUT2D eigenvalue weighted by Gasteiger charge is 2.23. The van der Waals surface area contributed by atoms with Gasteiger partial charge in [-0.25, -0.2) is 5.10 Å². The molecule has 3 aromatic rings. The van der Waals surface area contributed by atoms with Gasteiger partial charge >= 0.3 is 0 Å². The molecule has 0 amide bonds. The zero-order valence-electron chi connectivity index (χ0n) is 10.5. The van der Waals surface area contributed by atoms with Gasteiger partial charge in [-0.3, -0.25) is 9.78 Å². The number of nitrogens with two attached hydrogens (primary N) is 1. The smallest absolute Gasteiger partial charge is 0.283 e. The number of nitrogen functional groups attached to an aromatic ring is 1. The molecule has 0 bridgehead atoms. The van der Waals surface area contributed by atoms with Crippen LogP contribution in [0.25, 0.3) is 10.9 Å². The number of hydrogen-bond donors (Lipinski definition) is 3. The van der Waals surface area contributed by atoms with E-state index in [4.69, 9.17) is 5.73 Å². The molecule has 0 aliphatic carbocycles. The van der Waals surface area contributed by atoms with Crippen molar-refractivity contribution < 1.29 is 13.5 Å². The molecule has 8 nitrogen and oxygen atoms in total. The Balaban J connectivity index is 2.37. The summed E-state index contributed by atoms with van der Waals surface area (Å²) < 4.78 is 25.8. The molecule has 0 radical (unpaired) electrons. The monoisotopic (exact) mass is 306 g/mol. The van der Waals surface area contributed by atoms with Crippen molar-refractivity contribution in [3.05, 3.63) is 46.9 Å². The summed E-state index contributed by atoms with van der Waals surface area (Å²) in [6, 6.07) is 6.47. The molecule has 0 spiro atoms. The fraction of sp³-hybridized carbons (Fsp3) is 0. The normalized spacial score (nSPS) is 11.8. The first-order chi connectivity index (χ1) is 9.91. The van der Waals surface area contributed by atoms with Crippen molar-refractivity contribution >= 4 is 26.7 Å². The Morgan fingerprint density at radius 3 is 2.71 bits per heavy atom. The number of anilines is 1. The molecule has 0 aliphatic heterocycles. The third-order valence-corrected chi connectivity index (χ3v) is 4.65. The molecule has 0 unspecified atom stereocenters. The molecule has 0 atom stereocenters. The predicted octanol–water partition coefficient (Wildman–Crippen LogP) is 0.249. The lowest BCUT2D eigenvalue weighted by Gasteiger charge is -2.10. The number of benzene rings is 1. The van der Waals surface area contributed by atoms with Crippen LogP contribution in [0.15, 0.2) is 46.2 Å². The van der Waals surface area contributed by atoms with E-state index in [1.165, 1.54) is 24.4 Å².